The van der Waals surface area contributed by atoms with Crippen molar-refractivity contribution < 1.29 is 18.3 Å². The van der Waals surface area contributed by atoms with Crippen molar-refractivity contribution in [1.82, 2.24) is 0 Å². The Kier molecular flexibility index (Phi) is 3.33. The highest BCUT2D eigenvalue weighted by Crippen LogP contribution is 2.25. The first-order valence-electron chi connectivity index (χ1n) is 5.63. The molecule has 0 aliphatic carbocycles. The van der Waals surface area contributed by atoms with E-state index in [1.165, 1.54) is 0 Å². The highest BCUT2D eigenvalue weighted by Gasteiger charge is 2.31. The van der Waals surface area contributed by atoms with E-state index in [2.05, 4.69) is 0 Å². The van der Waals surface area contributed by atoms with E-state index >= 15 is 0 Å². The van der Waals surface area contributed by atoms with Crippen LogP contribution in [0.1, 0.15) is 11.9 Å². The summed E-state index contributed by atoms with van der Waals surface area (Å²) in [5, 5.41) is 0.462. The van der Waals surface area contributed by atoms with Crippen molar-refractivity contribution in [2.75, 3.05) is 13.2 Å². The van der Waals surface area contributed by atoms with E-state index < -0.39 is 26.0 Å². The van der Waals surface area contributed by atoms with Crippen molar-refractivity contribution in [2.24, 2.45) is 0 Å². The van der Waals surface area contributed by atoms with Gasteiger partial charge in [-0.05, 0) is 11.3 Å². The zero-order chi connectivity index (χ0) is 12.6. The van der Waals surface area contributed by atoms with Crippen molar-refractivity contribution in [3.8, 4) is 0 Å². The lowest BCUT2D eigenvalue weighted by Gasteiger charge is -2.24. The molecule has 94 valence electrons. The quantitative estimate of drug-likeness (QED) is 0.759. The number of benzene rings is 1. The van der Waals surface area contributed by atoms with E-state index in [9.17, 15) is 8.78 Å². The third-order valence-corrected chi connectivity index (χ3v) is 4.76. The first kappa shape index (κ1) is 12.7. The van der Waals surface area contributed by atoms with Crippen LogP contribution in [0.2, 0.25) is 19.6 Å². The van der Waals surface area contributed by atoms with Crippen LogP contribution in [0.15, 0.2) is 12.1 Å². The summed E-state index contributed by atoms with van der Waals surface area (Å²) < 4.78 is 38.1. The minimum atomic E-state index is -2.00. The molecule has 2 rings (SSSR count). The van der Waals surface area contributed by atoms with Crippen LogP contribution in [0.3, 0.4) is 0 Å². The summed E-state index contributed by atoms with van der Waals surface area (Å²) in [6, 6.07) is 2.71. The maximum Gasteiger partial charge on any atom is 0.184 e. The topological polar surface area (TPSA) is 18.5 Å². The fraction of sp³-hybridized carbons (Fsp3) is 0.500. The van der Waals surface area contributed by atoms with Crippen LogP contribution in [0.4, 0.5) is 8.78 Å². The molecule has 0 spiro atoms. The number of hydrogen-bond acceptors (Lipinski definition) is 2. The Labute approximate surface area is 101 Å². The van der Waals surface area contributed by atoms with Crippen LogP contribution in [-0.2, 0) is 9.47 Å². The largest absolute Gasteiger partial charge is 0.346 e. The SMILES string of the molecule is C[Si](C)(C)c1c(C2OCCO2)ccc(F)c1F. The predicted molar refractivity (Wildman–Crippen MR) is 64.0 cm³/mol. The Bertz CT molecular complexity index is 423. The smallest absolute Gasteiger partial charge is 0.184 e. The predicted octanol–water partition coefficient (Wildman–Crippen LogP) is 2.56. The van der Waals surface area contributed by atoms with E-state index in [0.29, 0.717) is 24.0 Å². The average Bonchev–Trinajstić information content (AvgIpc) is 2.73. The molecule has 2 nitrogen and oxygen atoms in total. The Hall–Kier alpha value is -0.783. The van der Waals surface area contributed by atoms with Gasteiger partial charge in [-0.3, -0.25) is 0 Å². The molecule has 17 heavy (non-hydrogen) atoms. The molecular formula is C12H16F2O2Si. The molecule has 0 unspecified atom stereocenters. The summed E-state index contributed by atoms with van der Waals surface area (Å²) in [5.74, 6) is -1.55. The Balaban J connectivity index is 2.54. The molecule has 0 atom stereocenters. The molecule has 1 fully saturated rings. The van der Waals surface area contributed by atoms with E-state index in [1.54, 1.807) is 6.07 Å². The van der Waals surface area contributed by atoms with Gasteiger partial charge in [0.2, 0.25) is 0 Å². The molecule has 5 heteroatoms. The molecule has 0 aromatic heterocycles. The highest BCUT2D eigenvalue weighted by atomic mass is 28.3. The highest BCUT2D eigenvalue weighted by molar-refractivity contribution is 6.89. The van der Waals surface area contributed by atoms with Crippen molar-refractivity contribution >= 4 is 13.3 Å². The van der Waals surface area contributed by atoms with Crippen molar-refractivity contribution in [3.63, 3.8) is 0 Å². The van der Waals surface area contributed by atoms with Gasteiger partial charge in [-0.1, -0.05) is 25.7 Å². The van der Waals surface area contributed by atoms with Gasteiger partial charge in [-0.15, -0.1) is 0 Å². The average molecular weight is 258 g/mol. The molecule has 0 radical (unpaired) electrons. The van der Waals surface area contributed by atoms with E-state index in [1.807, 2.05) is 19.6 Å². The van der Waals surface area contributed by atoms with Crippen molar-refractivity contribution in [1.29, 1.82) is 0 Å². The molecule has 1 saturated heterocycles. The number of hydrogen-bond donors (Lipinski definition) is 0. The first-order valence-corrected chi connectivity index (χ1v) is 9.13. The molecule has 1 aliphatic heterocycles. The molecular weight excluding hydrogens is 242 g/mol. The lowest BCUT2D eigenvalue weighted by Crippen LogP contribution is -2.44. The second-order valence-electron chi connectivity index (χ2n) is 5.15. The van der Waals surface area contributed by atoms with Crippen LogP contribution in [0.25, 0.3) is 0 Å². The molecule has 1 heterocycles. The third-order valence-electron chi connectivity index (χ3n) is 2.75. The minimum Gasteiger partial charge on any atom is -0.346 e. The van der Waals surface area contributed by atoms with Gasteiger partial charge in [0.05, 0.1) is 21.3 Å². The molecule has 1 aromatic carbocycles. The van der Waals surface area contributed by atoms with Gasteiger partial charge in [0.25, 0.3) is 0 Å². The maximum absolute atomic E-state index is 14.0. The fourth-order valence-corrected chi connectivity index (χ4v) is 3.91. The molecule has 0 amide bonds. The van der Waals surface area contributed by atoms with Gasteiger partial charge in [0, 0.05) is 5.56 Å². The van der Waals surface area contributed by atoms with E-state index in [4.69, 9.17) is 9.47 Å². The fourth-order valence-electron chi connectivity index (χ4n) is 2.06. The normalized spacial score (nSPS) is 17.7. The molecule has 0 N–H and O–H groups in total. The monoisotopic (exact) mass is 258 g/mol. The molecule has 1 aliphatic rings. The minimum absolute atomic E-state index is 0.462. The molecule has 0 saturated carbocycles. The van der Waals surface area contributed by atoms with Crippen LogP contribution in [-0.4, -0.2) is 21.3 Å². The van der Waals surface area contributed by atoms with Crippen molar-refractivity contribution in [3.05, 3.63) is 29.3 Å². The zero-order valence-corrected chi connectivity index (χ0v) is 11.2. The zero-order valence-electron chi connectivity index (χ0n) is 10.2. The number of halogens is 2. The first-order chi connectivity index (χ1) is 7.91. The van der Waals surface area contributed by atoms with Gasteiger partial charge in [-0.2, -0.15) is 0 Å². The van der Waals surface area contributed by atoms with Crippen LogP contribution >= 0.6 is 0 Å². The lowest BCUT2D eigenvalue weighted by molar-refractivity contribution is -0.0436. The summed E-state index contributed by atoms with van der Waals surface area (Å²) in [6.07, 6.45) is -0.549. The van der Waals surface area contributed by atoms with Crippen LogP contribution in [0.5, 0.6) is 0 Å². The van der Waals surface area contributed by atoms with E-state index in [0.717, 1.165) is 6.07 Å². The van der Waals surface area contributed by atoms with Crippen molar-refractivity contribution in [2.45, 2.75) is 25.9 Å². The number of ether oxygens (including phenoxy) is 2. The maximum atomic E-state index is 14.0. The second kappa shape index (κ2) is 4.47. The number of rotatable bonds is 2. The van der Waals surface area contributed by atoms with Gasteiger partial charge < -0.3 is 9.47 Å². The summed E-state index contributed by atoms with van der Waals surface area (Å²) in [6.45, 7) is 6.92. The Morgan fingerprint density at radius 1 is 1.12 bits per heavy atom. The second-order valence-corrected chi connectivity index (χ2v) is 10.1. The summed E-state index contributed by atoms with van der Waals surface area (Å²) >= 11 is 0. The summed E-state index contributed by atoms with van der Waals surface area (Å²) in [5.41, 5.74) is 0.639. The standard InChI is InChI=1S/C12H16F2O2Si/c1-17(2,3)11-8(12-15-6-7-16-12)4-5-9(13)10(11)14/h4-5,12H,6-7H2,1-3H3. The Morgan fingerprint density at radius 2 is 1.71 bits per heavy atom. The third kappa shape index (κ3) is 2.41. The van der Waals surface area contributed by atoms with Crippen LogP contribution < -0.4 is 5.19 Å². The lowest BCUT2D eigenvalue weighted by atomic mass is 10.2. The van der Waals surface area contributed by atoms with Gasteiger partial charge in [0.1, 0.15) is 0 Å². The summed E-state index contributed by atoms with van der Waals surface area (Å²) in [4.78, 5) is 0. The van der Waals surface area contributed by atoms with E-state index in [-0.39, 0.29) is 0 Å². The van der Waals surface area contributed by atoms with Gasteiger partial charge >= 0.3 is 0 Å². The van der Waals surface area contributed by atoms with Gasteiger partial charge in [0.15, 0.2) is 17.9 Å². The Morgan fingerprint density at radius 3 is 2.24 bits per heavy atom. The van der Waals surface area contributed by atoms with Crippen LogP contribution in [0, 0.1) is 11.6 Å². The van der Waals surface area contributed by atoms with Gasteiger partial charge in [-0.25, -0.2) is 8.78 Å². The molecule has 1 aromatic rings. The molecule has 0 bridgehead atoms. The summed E-state index contributed by atoms with van der Waals surface area (Å²) in [7, 11) is -2.00.